The van der Waals surface area contributed by atoms with Crippen molar-refractivity contribution in [2.45, 2.75) is 17.9 Å². The standard InChI is InChI=1S/C11H13NO3S/c1-8(13)12-10(11(14)15)7-16-9-5-3-2-4-6-9/h2-6,10H,7H2,1H3,(H,12,13)(H,14,15)/p-1/t10-/m0/s1. The van der Waals surface area contributed by atoms with E-state index in [4.69, 9.17) is 5.11 Å². The molecule has 16 heavy (non-hydrogen) atoms. The molecule has 0 aromatic heterocycles. The fraction of sp³-hybridized carbons (Fsp3) is 0.273. The van der Waals surface area contributed by atoms with Gasteiger partial charge in [-0.1, -0.05) is 18.2 Å². The molecule has 5 heteroatoms. The molecule has 1 atom stereocenters. The van der Waals surface area contributed by atoms with Gasteiger partial charge in [-0.2, -0.15) is 0 Å². The van der Waals surface area contributed by atoms with Crippen molar-refractivity contribution in [2.75, 3.05) is 5.75 Å². The first-order valence-corrected chi connectivity index (χ1v) is 5.70. The Kier molecular flexibility index (Phi) is 4.85. The summed E-state index contributed by atoms with van der Waals surface area (Å²) in [5, 5.41) is 19.6. The number of thioether (sulfide) groups is 1. The summed E-state index contributed by atoms with van der Waals surface area (Å²) in [6.45, 7) is 1.25. The molecule has 0 fully saturated rings. The van der Waals surface area contributed by atoms with E-state index in [0.29, 0.717) is 0 Å². The maximum Gasteiger partial charge on any atom is 0.329 e. The molecule has 1 N–H and O–H groups in total. The van der Waals surface area contributed by atoms with E-state index in [1.165, 1.54) is 18.7 Å². The molecule has 0 spiro atoms. The molecule has 0 bridgehead atoms. The molecule has 0 aliphatic carbocycles. The third kappa shape index (κ3) is 4.35. The predicted molar refractivity (Wildman–Crippen MR) is 61.7 cm³/mol. The van der Waals surface area contributed by atoms with Crippen molar-refractivity contribution >= 4 is 23.6 Å². The van der Waals surface area contributed by atoms with E-state index in [-0.39, 0.29) is 5.75 Å². The average molecular weight is 238 g/mol. The SMILES string of the molecule is CC([O-])=N[C@@H](CSc1ccccc1)C(=O)O. The van der Waals surface area contributed by atoms with Crippen molar-refractivity contribution in [1.82, 2.24) is 0 Å². The fourth-order valence-corrected chi connectivity index (χ4v) is 1.99. The number of rotatable bonds is 5. The van der Waals surface area contributed by atoms with Crippen LogP contribution < -0.4 is 5.11 Å². The summed E-state index contributed by atoms with van der Waals surface area (Å²) in [4.78, 5) is 15.3. The highest BCUT2D eigenvalue weighted by atomic mass is 32.2. The van der Waals surface area contributed by atoms with Crippen LogP contribution in [0.5, 0.6) is 0 Å². The van der Waals surface area contributed by atoms with E-state index in [0.717, 1.165) is 4.90 Å². The van der Waals surface area contributed by atoms with Crippen LogP contribution in [0.4, 0.5) is 0 Å². The van der Waals surface area contributed by atoms with Gasteiger partial charge in [0.2, 0.25) is 0 Å². The van der Waals surface area contributed by atoms with Crippen molar-refractivity contribution in [1.29, 1.82) is 0 Å². The highest BCUT2D eigenvalue weighted by Crippen LogP contribution is 2.18. The van der Waals surface area contributed by atoms with Crippen molar-refractivity contribution in [3.63, 3.8) is 0 Å². The molecule has 0 saturated heterocycles. The number of aliphatic imine (C=N–C) groups is 1. The Morgan fingerprint density at radius 2 is 2.12 bits per heavy atom. The second-order valence-corrected chi connectivity index (χ2v) is 4.22. The molecule has 1 rings (SSSR count). The first-order valence-electron chi connectivity index (χ1n) is 4.71. The van der Waals surface area contributed by atoms with E-state index in [1.54, 1.807) is 0 Å². The van der Waals surface area contributed by atoms with Gasteiger partial charge in [0.15, 0.2) is 6.04 Å². The van der Waals surface area contributed by atoms with Crippen LogP contribution in [0, 0.1) is 0 Å². The summed E-state index contributed by atoms with van der Waals surface area (Å²) in [6.07, 6.45) is 0. The lowest BCUT2D eigenvalue weighted by molar-refractivity contribution is -0.216. The van der Waals surface area contributed by atoms with Gasteiger partial charge in [-0.3, -0.25) is 4.99 Å². The van der Waals surface area contributed by atoms with Crippen LogP contribution in [0.25, 0.3) is 0 Å². The highest BCUT2D eigenvalue weighted by Gasteiger charge is 2.15. The molecule has 0 aliphatic rings. The molecule has 4 nitrogen and oxygen atoms in total. The van der Waals surface area contributed by atoms with E-state index in [2.05, 4.69) is 4.99 Å². The fourth-order valence-electron chi connectivity index (χ4n) is 1.08. The molecular weight excluding hydrogens is 226 g/mol. The molecule has 1 aromatic carbocycles. The molecule has 0 heterocycles. The quantitative estimate of drug-likeness (QED) is 0.472. The Balaban J connectivity index is 2.58. The average Bonchev–Trinajstić information content (AvgIpc) is 2.25. The highest BCUT2D eigenvalue weighted by molar-refractivity contribution is 7.99. The van der Waals surface area contributed by atoms with Gasteiger partial charge in [0.1, 0.15) is 0 Å². The molecular formula is C11H12NO3S-. The van der Waals surface area contributed by atoms with E-state index in [9.17, 15) is 9.90 Å². The second kappa shape index (κ2) is 6.17. The van der Waals surface area contributed by atoms with E-state index >= 15 is 0 Å². The Bertz CT molecular complexity index is 374. The van der Waals surface area contributed by atoms with Crippen LogP contribution in [0.3, 0.4) is 0 Å². The van der Waals surface area contributed by atoms with Gasteiger partial charge in [0.25, 0.3) is 0 Å². The predicted octanol–water partition coefficient (Wildman–Crippen LogP) is 1.01. The van der Waals surface area contributed by atoms with Gasteiger partial charge in [-0.15, -0.1) is 11.8 Å². The lowest BCUT2D eigenvalue weighted by Gasteiger charge is -2.11. The molecule has 1 aromatic rings. The zero-order chi connectivity index (χ0) is 12.0. The van der Waals surface area contributed by atoms with Crippen molar-refractivity contribution in [3.05, 3.63) is 30.3 Å². The van der Waals surface area contributed by atoms with Gasteiger partial charge in [0, 0.05) is 10.6 Å². The number of carbonyl (C=O) groups is 1. The molecule has 0 saturated carbocycles. The smallest absolute Gasteiger partial charge is 0.329 e. The Morgan fingerprint density at radius 1 is 1.50 bits per heavy atom. The van der Waals surface area contributed by atoms with Gasteiger partial charge < -0.3 is 10.2 Å². The zero-order valence-electron chi connectivity index (χ0n) is 8.79. The number of carboxylic acid groups (broad SMARTS) is 1. The van der Waals surface area contributed by atoms with Gasteiger partial charge in [0.05, 0.1) is 0 Å². The normalized spacial score (nSPS) is 13.4. The van der Waals surface area contributed by atoms with Crippen LogP contribution in [-0.4, -0.2) is 28.8 Å². The molecule has 0 unspecified atom stereocenters. The van der Waals surface area contributed by atoms with Crippen molar-refractivity contribution < 1.29 is 15.0 Å². The number of aliphatic carboxylic acids is 1. The number of nitrogens with zero attached hydrogens (tertiary/aromatic N) is 1. The lowest BCUT2D eigenvalue weighted by Crippen LogP contribution is -2.25. The molecule has 86 valence electrons. The summed E-state index contributed by atoms with van der Waals surface area (Å²) < 4.78 is 0. The first kappa shape index (κ1) is 12.6. The molecule has 0 aliphatic heterocycles. The number of benzene rings is 1. The topological polar surface area (TPSA) is 72.7 Å². The summed E-state index contributed by atoms with van der Waals surface area (Å²) in [7, 11) is 0. The minimum atomic E-state index is -1.07. The van der Waals surface area contributed by atoms with E-state index in [1.807, 2.05) is 30.3 Å². The summed E-state index contributed by atoms with van der Waals surface area (Å²) in [5.41, 5.74) is 0. The summed E-state index contributed by atoms with van der Waals surface area (Å²) in [6, 6.07) is 8.44. The maximum atomic E-state index is 10.8. The Hall–Kier alpha value is -1.49. The molecule has 0 amide bonds. The zero-order valence-corrected chi connectivity index (χ0v) is 9.61. The lowest BCUT2D eigenvalue weighted by atomic mass is 10.3. The largest absolute Gasteiger partial charge is 0.862 e. The third-order valence-electron chi connectivity index (χ3n) is 1.77. The minimum Gasteiger partial charge on any atom is -0.862 e. The second-order valence-electron chi connectivity index (χ2n) is 3.13. The van der Waals surface area contributed by atoms with Crippen LogP contribution >= 0.6 is 11.8 Å². The Labute approximate surface area is 98.0 Å². The minimum absolute atomic E-state index is 0.263. The van der Waals surface area contributed by atoms with Gasteiger partial charge in [-0.25, -0.2) is 4.79 Å². The van der Waals surface area contributed by atoms with E-state index < -0.39 is 17.9 Å². The monoisotopic (exact) mass is 238 g/mol. The first-order chi connectivity index (χ1) is 7.59. The van der Waals surface area contributed by atoms with Crippen LogP contribution in [0.1, 0.15) is 6.92 Å². The van der Waals surface area contributed by atoms with Gasteiger partial charge >= 0.3 is 5.97 Å². The van der Waals surface area contributed by atoms with Gasteiger partial charge in [-0.05, 0) is 25.0 Å². The molecule has 0 radical (unpaired) electrons. The van der Waals surface area contributed by atoms with Crippen molar-refractivity contribution in [3.8, 4) is 0 Å². The summed E-state index contributed by atoms with van der Waals surface area (Å²) in [5.74, 6) is -1.27. The third-order valence-corrected chi connectivity index (χ3v) is 2.86. The number of carboxylic acids is 1. The number of hydrogen-bond donors (Lipinski definition) is 1. The Morgan fingerprint density at radius 3 is 2.62 bits per heavy atom. The number of hydrogen-bond acceptors (Lipinski definition) is 4. The van der Waals surface area contributed by atoms with Crippen LogP contribution in [0.15, 0.2) is 40.2 Å². The van der Waals surface area contributed by atoms with Crippen LogP contribution in [0.2, 0.25) is 0 Å². The van der Waals surface area contributed by atoms with Crippen LogP contribution in [-0.2, 0) is 4.79 Å². The van der Waals surface area contributed by atoms with Crippen molar-refractivity contribution in [2.24, 2.45) is 4.99 Å². The summed E-state index contributed by atoms with van der Waals surface area (Å²) >= 11 is 1.37. The maximum absolute atomic E-state index is 10.8.